The molecule has 0 amide bonds. The van der Waals surface area contributed by atoms with Gasteiger partial charge in [0.15, 0.2) is 0 Å². The van der Waals surface area contributed by atoms with E-state index in [-0.39, 0.29) is 4.49 Å². The molecular weight excluding hydrogens is 245 g/mol. The molecule has 1 nitrogen and oxygen atoms in total. The van der Waals surface area contributed by atoms with Crippen LogP contribution in [0.25, 0.3) is 0 Å². The lowest BCUT2D eigenvalue weighted by molar-refractivity contribution is 0.555. The molecule has 0 saturated heterocycles. The summed E-state index contributed by atoms with van der Waals surface area (Å²) in [6.45, 7) is 0. The topological polar surface area (TPSA) is 9.23 Å². The van der Waals surface area contributed by atoms with Gasteiger partial charge in [-0.05, 0) is 34.3 Å². The van der Waals surface area contributed by atoms with Gasteiger partial charge in [0.2, 0.25) is 0 Å². The quantitative estimate of drug-likeness (QED) is 0.538. The van der Waals surface area contributed by atoms with Gasteiger partial charge in [-0.2, -0.15) is 0 Å². The molecular formula is C2HCl4OPS. The fraction of sp³-hybridized carbons (Fsp3) is 0. The van der Waals surface area contributed by atoms with Gasteiger partial charge in [0.1, 0.15) is 10.8 Å². The highest BCUT2D eigenvalue weighted by molar-refractivity contribution is 8.36. The lowest BCUT2D eigenvalue weighted by Gasteiger charge is -2.01. The Hall–Kier alpha value is 1.35. The van der Waals surface area contributed by atoms with Crippen LogP contribution in [0.5, 0.6) is 0 Å². The average Bonchev–Trinajstić information content (AvgIpc) is 1.59. The first-order chi connectivity index (χ1) is 3.92. The third-order valence-electron chi connectivity index (χ3n) is 0.265. The zero-order valence-corrected chi connectivity index (χ0v) is 8.59. The fourth-order valence-corrected chi connectivity index (χ4v) is 0.911. The summed E-state index contributed by atoms with van der Waals surface area (Å²) >= 11 is 25.3. The van der Waals surface area contributed by atoms with Crippen molar-refractivity contribution >= 4 is 62.5 Å². The molecule has 0 unspecified atom stereocenters. The van der Waals surface area contributed by atoms with Crippen molar-refractivity contribution < 1.29 is 4.52 Å². The summed E-state index contributed by atoms with van der Waals surface area (Å²) in [7, 11) is 0. The van der Waals surface area contributed by atoms with E-state index < -0.39 is 4.97 Å². The molecule has 54 valence electrons. The van der Waals surface area contributed by atoms with Crippen molar-refractivity contribution in [1.29, 1.82) is 0 Å². The second kappa shape index (κ2) is 4.27. The minimum Gasteiger partial charge on any atom is -0.446 e. The predicted octanol–water partition coefficient (Wildman–Crippen LogP) is 3.98. The molecule has 0 radical (unpaired) electrons. The molecule has 0 aromatic heterocycles. The summed E-state index contributed by atoms with van der Waals surface area (Å²) in [6.07, 6.45) is 1.00. The fourth-order valence-electron chi connectivity index (χ4n) is 0.101. The highest BCUT2D eigenvalue weighted by Crippen LogP contribution is 2.58. The van der Waals surface area contributed by atoms with Gasteiger partial charge in [-0.25, -0.2) is 0 Å². The van der Waals surface area contributed by atoms with Crippen LogP contribution in [0.3, 0.4) is 0 Å². The van der Waals surface area contributed by atoms with Gasteiger partial charge in [0, 0.05) is 0 Å². The first-order valence-electron chi connectivity index (χ1n) is 1.61. The van der Waals surface area contributed by atoms with Crippen molar-refractivity contribution in [2.75, 3.05) is 0 Å². The van der Waals surface area contributed by atoms with Gasteiger partial charge in [-0.3, -0.25) is 0 Å². The van der Waals surface area contributed by atoms with Crippen molar-refractivity contribution in [2.24, 2.45) is 0 Å². The Morgan fingerprint density at radius 1 is 1.44 bits per heavy atom. The van der Waals surface area contributed by atoms with Crippen LogP contribution >= 0.6 is 50.7 Å². The molecule has 0 aromatic rings. The molecule has 0 spiro atoms. The van der Waals surface area contributed by atoms with Crippen LogP contribution in [-0.4, -0.2) is 0 Å². The normalized spacial score (nSPS) is 10.7. The van der Waals surface area contributed by atoms with Crippen molar-refractivity contribution in [3.63, 3.8) is 0 Å². The monoisotopic (exact) mass is 244 g/mol. The van der Waals surface area contributed by atoms with Crippen molar-refractivity contribution in [3.05, 3.63) is 10.8 Å². The van der Waals surface area contributed by atoms with Crippen molar-refractivity contribution in [2.45, 2.75) is 0 Å². The smallest absolute Gasteiger partial charge is 0.288 e. The maximum Gasteiger partial charge on any atom is 0.288 e. The van der Waals surface area contributed by atoms with Crippen LogP contribution in [0.2, 0.25) is 0 Å². The average molecular weight is 246 g/mol. The molecule has 0 fully saturated rings. The van der Waals surface area contributed by atoms with E-state index in [1.165, 1.54) is 0 Å². The minimum atomic E-state index is -2.69. The van der Waals surface area contributed by atoms with Crippen LogP contribution in [0.15, 0.2) is 10.8 Å². The van der Waals surface area contributed by atoms with Gasteiger partial charge in [0.25, 0.3) is 4.97 Å². The predicted molar refractivity (Wildman–Crippen MR) is 46.9 cm³/mol. The largest absolute Gasteiger partial charge is 0.446 e. The minimum absolute atomic E-state index is 0.0643. The molecule has 0 rings (SSSR count). The van der Waals surface area contributed by atoms with Gasteiger partial charge in [-0.1, -0.05) is 23.2 Å². The Bertz CT molecular complexity index is 158. The molecule has 0 aliphatic heterocycles. The third kappa shape index (κ3) is 9.35. The standard InChI is InChI=1S/C2HCl4OPS/c3-2(4)1-7-8(5,6)9/h1H. The maximum absolute atomic E-state index is 5.28. The van der Waals surface area contributed by atoms with E-state index in [2.05, 4.69) is 16.3 Å². The highest BCUT2D eigenvalue weighted by Gasteiger charge is 2.05. The Kier molecular flexibility index (Phi) is 4.92. The van der Waals surface area contributed by atoms with Gasteiger partial charge in [0.05, 0.1) is 0 Å². The molecule has 7 heteroatoms. The van der Waals surface area contributed by atoms with E-state index in [0.717, 1.165) is 6.26 Å². The Morgan fingerprint density at radius 3 is 2.00 bits per heavy atom. The SMILES string of the molecule is S=P(Cl)(Cl)OC=C(Cl)Cl. The number of hydrogen-bond acceptors (Lipinski definition) is 2. The summed E-state index contributed by atoms with van der Waals surface area (Å²) in [5.74, 6) is 0. The summed E-state index contributed by atoms with van der Waals surface area (Å²) in [5, 5.41) is 0. The maximum atomic E-state index is 5.28. The van der Waals surface area contributed by atoms with Gasteiger partial charge in [-0.15, -0.1) is 0 Å². The van der Waals surface area contributed by atoms with Crippen molar-refractivity contribution in [3.8, 4) is 0 Å². The lowest BCUT2D eigenvalue weighted by atomic mass is 11.2. The number of halogens is 4. The number of rotatable bonds is 2. The zero-order valence-electron chi connectivity index (χ0n) is 3.85. The van der Waals surface area contributed by atoms with Gasteiger partial charge < -0.3 is 4.52 Å². The van der Waals surface area contributed by atoms with E-state index in [1.807, 2.05) is 0 Å². The summed E-state index contributed by atoms with van der Waals surface area (Å²) < 4.78 is 4.46. The van der Waals surface area contributed by atoms with E-state index >= 15 is 0 Å². The Morgan fingerprint density at radius 2 is 1.89 bits per heavy atom. The molecule has 9 heavy (non-hydrogen) atoms. The van der Waals surface area contributed by atoms with Crippen LogP contribution < -0.4 is 0 Å². The summed E-state index contributed by atoms with van der Waals surface area (Å²) in [4.78, 5) is -2.69. The second-order valence-electron chi connectivity index (χ2n) is 0.927. The second-order valence-corrected chi connectivity index (χ2v) is 9.10. The Labute approximate surface area is 77.5 Å². The van der Waals surface area contributed by atoms with E-state index in [9.17, 15) is 0 Å². The van der Waals surface area contributed by atoms with Gasteiger partial charge >= 0.3 is 0 Å². The lowest BCUT2D eigenvalue weighted by Crippen LogP contribution is -1.63. The molecule has 0 aliphatic carbocycles. The molecule has 0 bridgehead atoms. The molecule has 0 atom stereocenters. The first kappa shape index (κ1) is 10.3. The molecule has 0 N–H and O–H groups in total. The van der Waals surface area contributed by atoms with Crippen LogP contribution in [0.1, 0.15) is 0 Å². The highest BCUT2D eigenvalue weighted by atomic mass is 35.9. The number of hydrogen-bond donors (Lipinski definition) is 0. The van der Waals surface area contributed by atoms with Crippen LogP contribution in [0.4, 0.5) is 0 Å². The summed E-state index contributed by atoms with van der Waals surface area (Å²) in [5.41, 5.74) is 0. The van der Waals surface area contributed by atoms with Crippen LogP contribution in [-0.2, 0) is 16.3 Å². The zero-order chi connectivity index (χ0) is 7.49. The van der Waals surface area contributed by atoms with E-state index in [0.29, 0.717) is 0 Å². The van der Waals surface area contributed by atoms with Crippen LogP contribution in [0, 0.1) is 0 Å². The van der Waals surface area contributed by atoms with E-state index in [1.54, 1.807) is 0 Å². The Balaban J connectivity index is 3.79. The molecule has 0 heterocycles. The third-order valence-corrected chi connectivity index (χ3v) is 1.53. The first-order valence-corrected chi connectivity index (χ1v) is 6.89. The van der Waals surface area contributed by atoms with Crippen molar-refractivity contribution in [1.82, 2.24) is 0 Å². The molecule has 0 aliphatic rings. The molecule has 0 saturated carbocycles. The molecule has 0 aromatic carbocycles. The summed E-state index contributed by atoms with van der Waals surface area (Å²) in [6, 6.07) is 0. The van der Waals surface area contributed by atoms with E-state index in [4.69, 9.17) is 45.7 Å².